The molecule has 228 valence electrons. The number of likely N-dealkylation sites (N-methyl/N-ethyl adjacent to an activating group) is 1. The van der Waals surface area contributed by atoms with Crippen LogP contribution >= 0.6 is 0 Å². The first-order valence-corrected chi connectivity index (χ1v) is 14.4. The number of hydrogen-bond donors (Lipinski definition) is 5. The van der Waals surface area contributed by atoms with Crippen molar-refractivity contribution in [3.63, 3.8) is 0 Å². The van der Waals surface area contributed by atoms with E-state index < -0.39 is 17.7 Å². The number of aromatic amines is 1. The van der Waals surface area contributed by atoms with Gasteiger partial charge in [0, 0.05) is 49.6 Å². The van der Waals surface area contributed by atoms with Crippen LogP contribution in [0.25, 0.3) is 0 Å². The van der Waals surface area contributed by atoms with E-state index in [0.29, 0.717) is 48.8 Å². The Morgan fingerprint density at radius 3 is 2.47 bits per heavy atom. The first kappa shape index (κ1) is 31.1. The second kappa shape index (κ2) is 13.9. The molecule has 2 amide bonds. The van der Waals surface area contributed by atoms with Gasteiger partial charge in [0.15, 0.2) is 5.82 Å². The summed E-state index contributed by atoms with van der Waals surface area (Å²) < 4.78 is 5.35. The van der Waals surface area contributed by atoms with Crippen LogP contribution in [0.3, 0.4) is 0 Å². The number of carbonyl (C=O) groups is 2. The molecule has 4 rings (SSSR count). The van der Waals surface area contributed by atoms with E-state index in [0.717, 1.165) is 29.8 Å². The number of rotatable bonds is 12. The maximum absolute atomic E-state index is 12.7. The number of amides is 2. The van der Waals surface area contributed by atoms with Gasteiger partial charge in [-0.1, -0.05) is 18.6 Å². The molecule has 5 N–H and O–H groups in total. The number of H-pyrrole nitrogens is 1. The quantitative estimate of drug-likeness (QED) is 0.185. The fraction of sp³-hybridized carbons (Fsp3) is 0.467. The van der Waals surface area contributed by atoms with Crippen LogP contribution in [-0.2, 0) is 16.0 Å². The number of ether oxygens (including phenoxy) is 1. The van der Waals surface area contributed by atoms with Gasteiger partial charge >= 0.3 is 6.09 Å². The lowest BCUT2D eigenvalue weighted by molar-refractivity contribution is -0.125. The second-order valence-corrected chi connectivity index (χ2v) is 11.6. The molecule has 1 aromatic carbocycles. The third kappa shape index (κ3) is 9.06. The molecular formula is C30H40N10O3. The zero-order valence-corrected chi connectivity index (χ0v) is 25.3. The Morgan fingerprint density at radius 2 is 1.81 bits per heavy atom. The van der Waals surface area contributed by atoms with E-state index in [1.807, 2.05) is 30.3 Å². The van der Waals surface area contributed by atoms with Gasteiger partial charge in [0.2, 0.25) is 11.9 Å². The van der Waals surface area contributed by atoms with Crippen LogP contribution < -0.4 is 21.3 Å². The average Bonchev–Trinajstić information content (AvgIpc) is 3.36. The molecular weight excluding hydrogens is 548 g/mol. The van der Waals surface area contributed by atoms with Crippen LogP contribution in [0.5, 0.6) is 0 Å². The highest BCUT2D eigenvalue weighted by Crippen LogP contribution is 2.36. The third-order valence-corrected chi connectivity index (χ3v) is 6.99. The summed E-state index contributed by atoms with van der Waals surface area (Å²) >= 11 is 0. The maximum Gasteiger partial charge on any atom is 0.410 e. The van der Waals surface area contributed by atoms with Gasteiger partial charge in [-0.05, 0) is 58.2 Å². The Kier molecular flexibility index (Phi) is 10.0. The Balaban J connectivity index is 1.39. The minimum Gasteiger partial charge on any atom is -0.444 e. The van der Waals surface area contributed by atoms with Gasteiger partial charge in [0.05, 0.1) is 12.5 Å². The molecule has 1 fully saturated rings. The second-order valence-electron chi connectivity index (χ2n) is 11.6. The van der Waals surface area contributed by atoms with E-state index in [-0.39, 0.29) is 5.91 Å². The minimum atomic E-state index is -0.710. The molecule has 1 atom stereocenters. The van der Waals surface area contributed by atoms with Crippen LogP contribution in [0.4, 0.5) is 33.9 Å². The topological polar surface area (TPSA) is 173 Å². The standard InChI is InChI=1S/C30H40N10O3/c1-19(40(5)29(42)43-30(2,3)4)27(41)33-16-15-32-24-18-25(35-26-17-23(38-39-26)21-7-6-8-21)37-28(36-24)34-22-11-9-20(10-12-22)13-14-31/h9-12,17-19,21H,6-8,13,15-16H2,1-5H3,(H,33,41)(H4,32,34,35,36,37,38,39). The van der Waals surface area contributed by atoms with Gasteiger partial charge in [-0.2, -0.15) is 20.3 Å². The summed E-state index contributed by atoms with van der Waals surface area (Å²) in [6.45, 7) is 7.65. The smallest absolute Gasteiger partial charge is 0.410 e. The van der Waals surface area contributed by atoms with Crippen LogP contribution in [0.15, 0.2) is 36.4 Å². The fourth-order valence-corrected chi connectivity index (χ4v) is 4.24. The number of benzene rings is 1. The summed E-state index contributed by atoms with van der Waals surface area (Å²) in [6, 6.07) is 12.7. The molecule has 13 nitrogen and oxygen atoms in total. The highest BCUT2D eigenvalue weighted by Gasteiger charge is 2.26. The van der Waals surface area contributed by atoms with Crippen LogP contribution in [-0.4, -0.2) is 68.8 Å². The Morgan fingerprint density at radius 1 is 1.09 bits per heavy atom. The van der Waals surface area contributed by atoms with Gasteiger partial charge in [-0.25, -0.2) is 4.79 Å². The Bertz CT molecular complexity index is 1440. The van der Waals surface area contributed by atoms with E-state index in [2.05, 4.69) is 47.5 Å². The molecule has 1 saturated carbocycles. The highest BCUT2D eigenvalue weighted by molar-refractivity contribution is 5.85. The lowest BCUT2D eigenvalue weighted by Crippen LogP contribution is -2.48. The van der Waals surface area contributed by atoms with Crippen molar-refractivity contribution in [2.24, 2.45) is 0 Å². The number of aromatic nitrogens is 4. The normalized spacial score (nSPS) is 13.7. The van der Waals surface area contributed by atoms with Crippen LogP contribution in [0.1, 0.15) is 64.1 Å². The summed E-state index contributed by atoms with van der Waals surface area (Å²) in [5, 5.41) is 29.0. The van der Waals surface area contributed by atoms with Gasteiger partial charge in [-0.3, -0.25) is 14.8 Å². The number of nitrogens with zero attached hydrogens (tertiary/aromatic N) is 5. The average molecular weight is 589 g/mol. The van der Waals surface area contributed by atoms with Gasteiger partial charge in [-0.15, -0.1) is 0 Å². The molecule has 2 aromatic heterocycles. The largest absolute Gasteiger partial charge is 0.444 e. The van der Waals surface area contributed by atoms with Crippen molar-refractivity contribution in [2.75, 3.05) is 36.1 Å². The highest BCUT2D eigenvalue weighted by atomic mass is 16.6. The van der Waals surface area contributed by atoms with Crippen molar-refractivity contribution in [3.8, 4) is 6.07 Å². The first-order valence-electron chi connectivity index (χ1n) is 14.4. The van der Waals surface area contributed by atoms with Crippen molar-refractivity contribution in [1.82, 2.24) is 30.4 Å². The summed E-state index contributed by atoms with van der Waals surface area (Å²) in [5.41, 5.74) is 2.15. The monoisotopic (exact) mass is 588 g/mol. The molecule has 0 spiro atoms. The van der Waals surface area contributed by atoms with Gasteiger partial charge < -0.3 is 26.0 Å². The Hall–Kier alpha value is -4.86. The lowest BCUT2D eigenvalue weighted by Gasteiger charge is -2.28. The lowest BCUT2D eigenvalue weighted by atomic mass is 9.83. The molecule has 1 aliphatic carbocycles. The van der Waals surface area contributed by atoms with Crippen molar-refractivity contribution in [2.45, 2.75) is 70.9 Å². The van der Waals surface area contributed by atoms with Gasteiger partial charge in [0.1, 0.15) is 23.3 Å². The van der Waals surface area contributed by atoms with Crippen LogP contribution in [0.2, 0.25) is 0 Å². The molecule has 13 heteroatoms. The number of hydrogen-bond acceptors (Lipinski definition) is 10. The minimum absolute atomic E-state index is 0.297. The fourth-order valence-electron chi connectivity index (χ4n) is 4.24. The van der Waals surface area contributed by atoms with Crippen LogP contribution in [0, 0.1) is 11.3 Å². The third-order valence-electron chi connectivity index (χ3n) is 6.99. The molecule has 1 unspecified atom stereocenters. The van der Waals surface area contributed by atoms with E-state index >= 15 is 0 Å². The summed E-state index contributed by atoms with van der Waals surface area (Å²) in [4.78, 5) is 35.4. The maximum atomic E-state index is 12.7. The zero-order valence-electron chi connectivity index (χ0n) is 25.3. The number of carbonyl (C=O) groups excluding carboxylic acids is 2. The SMILES string of the molecule is CC(C(=O)NCCNc1cc(Nc2cc(C3CCC3)[nH]n2)nc(Nc2ccc(CC#N)cc2)n1)N(C)C(=O)OC(C)(C)C. The molecule has 3 aromatic rings. The molecule has 2 heterocycles. The Labute approximate surface area is 251 Å². The summed E-state index contributed by atoms with van der Waals surface area (Å²) in [5.74, 6) is 2.30. The molecule has 0 aliphatic heterocycles. The van der Waals surface area contributed by atoms with Gasteiger partial charge in [0.25, 0.3) is 0 Å². The predicted octanol–water partition coefficient (Wildman–Crippen LogP) is 4.80. The van der Waals surface area contributed by atoms with E-state index in [4.69, 9.17) is 10.00 Å². The van der Waals surface area contributed by atoms with Crippen molar-refractivity contribution in [3.05, 3.63) is 47.7 Å². The first-order chi connectivity index (χ1) is 20.5. The summed E-state index contributed by atoms with van der Waals surface area (Å²) in [6.07, 6.45) is 3.34. The summed E-state index contributed by atoms with van der Waals surface area (Å²) in [7, 11) is 1.53. The van der Waals surface area contributed by atoms with E-state index in [1.54, 1.807) is 33.8 Å². The molecule has 0 bridgehead atoms. The number of nitrogens with one attached hydrogen (secondary N) is 5. The van der Waals surface area contributed by atoms with E-state index in [1.165, 1.54) is 18.4 Å². The molecule has 43 heavy (non-hydrogen) atoms. The number of nitriles is 1. The van der Waals surface area contributed by atoms with E-state index in [9.17, 15) is 9.59 Å². The van der Waals surface area contributed by atoms with Crippen molar-refractivity contribution < 1.29 is 14.3 Å². The molecule has 0 saturated heterocycles. The molecule has 0 radical (unpaired) electrons. The van der Waals surface area contributed by atoms with Crippen molar-refractivity contribution in [1.29, 1.82) is 5.26 Å². The predicted molar refractivity (Wildman–Crippen MR) is 164 cm³/mol. The number of anilines is 5. The van der Waals surface area contributed by atoms with Crippen molar-refractivity contribution >= 4 is 41.1 Å². The zero-order chi connectivity index (χ0) is 31.0. The molecule has 1 aliphatic rings.